The lowest BCUT2D eigenvalue weighted by Gasteiger charge is -2.26. The zero-order valence-electron chi connectivity index (χ0n) is 15.5. The summed E-state index contributed by atoms with van der Waals surface area (Å²) in [5, 5.41) is 2.22. The molecule has 0 unspecified atom stereocenters. The highest BCUT2D eigenvalue weighted by molar-refractivity contribution is 7.89. The third-order valence-corrected chi connectivity index (χ3v) is 6.60. The van der Waals surface area contributed by atoms with Crippen molar-refractivity contribution in [2.45, 2.75) is 30.6 Å². The molecule has 162 valence electrons. The van der Waals surface area contributed by atoms with Crippen LogP contribution < -0.4 is 5.32 Å². The fourth-order valence-electron chi connectivity index (χ4n) is 3.16. The second-order valence-corrected chi connectivity index (χ2v) is 8.70. The molecule has 0 saturated carbocycles. The van der Waals surface area contributed by atoms with Gasteiger partial charge in [-0.2, -0.15) is 4.31 Å². The maximum absolute atomic E-state index is 13.7. The molecule has 0 bridgehead atoms. The Kier molecular flexibility index (Phi) is 6.41. The Hall–Kier alpha value is -2.53. The number of amides is 1. The van der Waals surface area contributed by atoms with Crippen molar-refractivity contribution in [3.8, 4) is 0 Å². The number of nitrogens with zero attached hydrogens (tertiary/aromatic N) is 1. The number of hydrogen-bond donors (Lipinski definition) is 1. The van der Waals surface area contributed by atoms with Gasteiger partial charge in [-0.3, -0.25) is 4.79 Å². The first-order chi connectivity index (χ1) is 14.1. The van der Waals surface area contributed by atoms with Gasteiger partial charge in [-0.25, -0.2) is 30.4 Å². The number of piperidine rings is 1. The second kappa shape index (κ2) is 8.68. The maximum Gasteiger partial charge on any atom is 0.243 e. The van der Waals surface area contributed by atoms with E-state index in [1.807, 2.05) is 0 Å². The molecule has 0 atom stereocenters. The summed E-state index contributed by atoms with van der Waals surface area (Å²) in [6, 6.07) is 5.21. The van der Waals surface area contributed by atoms with E-state index >= 15 is 0 Å². The Morgan fingerprint density at radius 2 is 1.47 bits per heavy atom. The first-order valence-corrected chi connectivity index (χ1v) is 10.5. The van der Waals surface area contributed by atoms with Crippen LogP contribution >= 0.6 is 0 Å². The van der Waals surface area contributed by atoms with Crippen LogP contribution in [0, 0.1) is 29.1 Å². The van der Waals surface area contributed by atoms with Crippen molar-refractivity contribution in [2.24, 2.45) is 0 Å². The Balaban J connectivity index is 1.80. The minimum Gasteiger partial charge on any atom is -0.326 e. The summed E-state index contributed by atoms with van der Waals surface area (Å²) in [5.41, 5.74) is -1.28. The van der Waals surface area contributed by atoms with Crippen LogP contribution in [-0.2, 0) is 21.2 Å². The third kappa shape index (κ3) is 4.31. The number of hydrogen-bond acceptors (Lipinski definition) is 3. The summed E-state index contributed by atoms with van der Waals surface area (Å²) in [4.78, 5) is 12.0. The van der Waals surface area contributed by atoms with Crippen LogP contribution in [0.1, 0.15) is 24.8 Å². The van der Waals surface area contributed by atoms with Crippen LogP contribution in [0.25, 0.3) is 0 Å². The number of sulfonamides is 1. The normalized spacial score (nSPS) is 15.2. The highest BCUT2D eigenvalue weighted by Crippen LogP contribution is 2.25. The van der Waals surface area contributed by atoms with Crippen LogP contribution in [0.2, 0.25) is 0 Å². The van der Waals surface area contributed by atoms with E-state index in [4.69, 9.17) is 0 Å². The zero-order valence-corrected chi connectivity index (χ0v) is 16.3. The largest absolute Gasteiger partial charge is 0.326 e. The number of nitrogens with one attached hydrogen (secondary N) is 1. The van der Waals surface area contributed by atoms with Crippen molar-refractivity contribution in [2.75, 3.05) is 18.4 Å². The molecule has 5 nitrogen and oxygen atoms in total. The van der Waals surface area contributed by atoms with Crippen LogP contribution in [0.3, 0.4) is 0 Å². The van der Waals surface area contributed by atoms with Crippen LogP contribution in [-0.4, -0.2) is 31.7 Å². The van der Waals surface area contributed by atoms with Gasteiger partial charge in [0.2, 0.25) is 21.7 Å². The summed E-state index contributed by atoms with van der Waals surface area (Å²) >= 11 is 0. The molecule has 1 saturated heterocycles. The number of halogens is 5. The smallest absolute Gasteiger partial charge is 0.243 e. The Morgan fingerprint density at radius 1 is 0.900 bits per heavy atom. The topological polar surface area (TPSA) is 66.5 Å². The van der Waals surface area contributed by atoms with Gasteiger partial charge < -0.3 is 5.32 Å². The molecule has 30 heavy (non-hydrogen) atoms. The van der Waals surface area contributed by atoms with E-state index in [9.17, 15) is 35.2 Å². The third-order valence-electron chi connectivity index (χ3n) is 4.71. The first kappa shape index (κ1) is 22.2. The number of carbonyl (C=O) groups excluding carboxylic acids is 1. The van der Waals surface area contributed by atoms with Crippen LogP contribution in [0.15, 0.2) is 29.2 Å². The molecule has 0 radical (unpaired) electrons. The molecule has 3 rings (SSSR count). The van der Waals surface area contributed by atoms with E-state index < -0.39 is 57.0 Å². The van der Waals surface area contributed by atoms with Gasteiger partial charge in [0.1, 0.15) is 0 Å². The van der Waals surface area contributed by atoms with Gasteiger partial charge in [0.05, 0.1) is 11.3 Å². The summed E-state index contributed by atoms with van der Waals surface area (Å²) in [5.74, 6) is -11.9. The summed E-state index contributed by atoms with van der Waals surface area (Å²) in [7, 11) is -3.79. The molecule has 1 aliphatic rings. The highest BCUT2D eigenvalue weighted by atomic mass is 32.2. The fourth-order valence-corrected chi connectivity index (χ4v) is 4.72. The van der Waals surface area contributed by atoms with Gasteiger partial charge in [0, 0.05) is 24.3 Å². The Labute approximate surface area is 169 Å². The molecule has 1 N–H and O–H groups in total. The van der Waals surface area contributed by atoms with Crippen molar-refractivity contribution in [3.63, 3.8) is 0 Å². The maximum atomic E-state index is 13.7. The molecule has 0 aliphatic carbocycles. The van der Waals surface area contributed by atoms with Gasteiger partial charge in [-0.05, 0) is 31.0 Å². The van der Waals surface area contributed by atoms with Gasteiger partial charge in [-0.1, -0.05) is 12.5 Å². The van der Waals surface area contributed by atoms with Crippen molar-refractivity contribution >= 4 is 21.6 Å². The highest BCUT2D eigenvalue weighted by Gasteiger charge is 2.28. The van der Waals surface area contributed by atoms with E-state index in [1.54, 1.807) is 0 Å². The molecule has 2 aromatic rings. The summed E-state index contributed by atoms with van der Waals surface area (Å²) in [6.45, 7) is 0.748. The lowest BCUT2D eigenvalue weighted by molar-refractivity contribution is -0.115. The fraction of sp³-hybridized carbons (Fsp3) is 0.316. The van der Waals surface area contributed by atoms with Crippen molar-refractivity contribution in [1.29, 1.82) is 0 Å². The molecule has 0 aromatic heterocycles. The van der Waals surface area contributed by atoms with Gasteiger partial charge >= 0.3 is 0 Å². The average molecular weight is 448 g/mol. The monoisotopic (exact) mass is 448 g/mol. The van der Waals surface area contributed by atoms with Crippen LogP contribution in [0.5, 0.6) is 0 Å². The number of benzene rings is 2. The lowest BCUT2D eigenvalue weighted by Crippen LogP contribution is -2.35. The lowest BCUT2D eigenvalue weighted by atomic mass is 10.1. The Bertz CT molecular complexity index is 1060. The number of anilines is 1. The molecule has 1 fully saturated rings. The van der Waals surface area contributed by atoms with Gasteiger partial charge in [0.15, 0.2) is 23.3 Å². The Morgan fingerprint density at radius 3 is 2.07 bits per heavy atom. The predicted molar refractivity (Wildman–Crippen MR) is 97.6 cm³/mol. The molecule has 11 heteroatoms. The average Bonchev–Trinajstić information content (AvgIpc) is 2.74. The van der Waals surface area contributed by atoms with Crippen molar-refractivity contribution < 1.29 is 35.2 Å². The predicted octanol–water partition coefficient (Wildman–Crippen LogP) is 3.74. The SMILES string of the molecule is O=C(Cc1c(F)c(F)c(F)c(F)c1F)Nc1cccc(S(=O)(=O)N2CCCCC2)c1. The molecular weight excluding hydrogens is 431 g/mol. The minimum absolute atomic E-state index is 0.00181. The van der Waals surface area contributed by atoms with Gasteiger partial charge in [-0.15, -0.1) is 0 Å². The van der Waals surface area contributed by atoms with Crippen LogP contribution in [0.4, 0.5) is 27.6 Å². The van der Waals surface area contributed by atoms with E-state index in [2.05, 4.69) is 5.32 Å². The number of carbonyl (C=O) groups is 1. The van der Waals surface area contributed by atoms with E-state index in [0.29, 0.717) is 13.1 Å². The first-order valence-electron chi connectivity index (χ1n) is 9.03. The molecule has 2 aromatic carbocycles. The van der Waals surface area contributed by atoms with Crippen molar-refractivity contribution in [1.82, 2.24) is 4.31 Å². The molecule has 1 heterocycles. The summed E-state index contributed by atoms with van der Waals surface area (Å²) in [6.07, 6.45) is 1.27. The minimum atomic E-state index is -3.79. The standard InChI is InChI=1S/C19H17F5N2O3S/c20-15-13(16(21)18(23)19(24)17(15)22)10-14(27)25-11-5-4-6-12(9-11)30(28,29)26-7-2-1-3-8-26/h4-6,9H,1-3,7-8,10H2,(H,25,27). The van der Waals surface area contributed by atoms with E-state index in [0.717, 1.165) is 19.3 Å². The molecular formula is C19H17F5N2O3S. The van der Waals surface area contributed by atoms with E-state index in [-0.39, 0.29) is 10.6 Å². The molecule has 1 aliphatic heterocycles. The van der Waals surface area contributed by atoms with Gasteiger partial charge in [0.25, 0.3) is 0 Å². The quantitative estimate of drug-likeness (QED) is 0.431. The molecule has 0 spiro atoms. The zero-order chi connectivity index (χ0) is 22.1. The molecule has 1 amide bonds. The number of rotatable bonds is 5. The van der Waals surface area contributed by atoms with E-state index in [1.165, 1.54) is 28.6 Å². The summed E-state index contributed by atoms with van der Waals surface area (Å²) < 4.78 is 93.9. The van der Waals surface area contributed by atoms with Crippen molar-refractivity contribution in [3.05, 3.63) is 58.9 Å². The second-order valence-electron chi connectivity index (χ2n) is 6.77.